The van der Waals surface area contributed by atoms with Gasteiger partial charge in [-0.15, -0.1) is 0 Å². The van der Waals surface area contributed by atoms with Gasteiger partial charge < -0.3 is 19.9 Å². The number of nitrogens with one attached hydrogen (secondary N) is 1. The van der Waals surface area contributed by atoms with Gasteiger partial charge in [-0.05, 0) is 25.0 Å². The molecule has 2 aliphatic rings. The number of carboxylic acid groups (broad SMARTS) is 1. The maximum absolute atomic E-state index is 14.6. The fourth-order valence-electron chi connectivity index (χ4n) is 3.31. The molecule has 7 heteroatoms. The van der Waals surface area contributed by atoms with Gasteiger partial charge in [-0.3, -0.25) is 4.79 Å². The zero-order valence-corrected chi connectivity index (χ0v) is 13.1. The number of rotatable bonds is 3. The molecule has 1 saturated carbocycles. The second-order valence-corrected chi connectivity index (χ2v) is 6.37. The van der Waals surface area contributed by atoms with Crippen LogP contribution in [0.4, 0.5) is 10.1 Å². The van der Waals surface area contributed by atoms with E-state index in [0.717, 1.165) is 25.9 Å². The summed E-state index contributed by atoms with van der Waals surface area (Å²) in [6.45, 7) is 2.96. The van der Waals surface area contributed by atoms with E-state index in [1.165, 1.54) is 12.3 Å². The highest BCUT2D eigenvalue weighted by atomic mass is 18.2. The van der Waals surface area contributed by atoms with Crippen LogP contribution in [-0.4, -0.2) is 41.8 Å². The summed E-state index contributed by atoms with van der Waals surface area (Å²) in [5.74, 6) is -1.76. The number of aromatic carboxylic acids is 1. The van der Waals surface area contributed by atoms with Crippen LogP contribution in [0.1, 0.15) is 29.2 Å². The Kier molecular flexibility index (Phi) is 3.53. The third-order valence-electron chi connectivity index (χ3n) is 4.73. The third-order valence-corrected chi connectivity index (χ3v) is 4.73. The Morgan fingerprint density at radius 2 is 1.96 bits per heavy atom. The minimum absolute atomic E-state index is 0.137. The molecule has 4 rings (SSSR count). The standard InChI is InChI=1S/C17H18FN3O3/c18-13-7-11-14(8-15(13)20-5-3-19-4-6-20)21(10-1-2-10)9-12(16(11)22)17(23)24/h7-10,19H,1-6H2,(H,23,24)/i18-1. The highest BCUT2D eigenvalue weighted by Gasteiger charge is 2.28. The van der Waals surface area contributed by atoms with E-state index in [-0.39, 0.29) is 17.0 Å². The number of carboxylic acids is 1. The van der Waals surface area contributed by atoms with Crippen molar-refractivity contribution >= 4 is 22.6 Å². The van der Waals surface area contributed by atoms with Crippen LogP contribution < -0.4 is 15.6 Å². The first-order chi connectivity index (χ1) is 11.6. The molecule has 0 atom stereocenters. The number of piperazine rings is 1. The summed E-state index contributed by atoms with van der Waals surface area (Å²) < 4.78 is 16.4. The first kappa shape index (κ1) is 15.1. The van der Waals surface area contributed by atoms with Crippen molar-refractivity contribution in [2.45, 2.75) is 18.9 Å². The van der Waals surface area contributed by atoms with Crippen LogP contribution >= 0.6 is 0 Å². The summed E-state index contributed by atoms with van der Waals surface area (Å²) in [6.07, 6.45) is 3.29. The van der Waals surface area contributed by atoms with E-state index in [2.05, 4.69) is 5.32 Å². The minimum atomic E-state index is -1.28. The van der Waals surface area contributed by atoms with Crippen molar-refractivity contribution in [3.05, 3.63) is 39.9 Å². The third kappa shape index (κ3) is 2.45. The Hall–Kier alpha value is -2.41. The topological polar surface area (TPSA) is 74.6 Å². The van der Waals surface area contributed by atoms with Gasteiger partial charge in [0.1, 0.15) is 11.4 Å². The smallest absolute Gasteiger partial charge is 0.341 e. The molecule has 0 unspecified atom stereocenters. The number of pyridine rings is 1. The molecule has 2 aromatic rings. The molecule has 126 valence electrons. The Balaban J connectivity index is 1.95. The molecule has 0 bridgehead atoms. The van der Waals surface area contributed by atoms with Gasteiger partial charge in [-0.1, -0.05) is 0 Å². The molecule has 6 nitrogen and oxygen atoms in total. The van der Waals surface area contributed by atoms with Crippen molar-refractivity contribution in [1.82, 2.24) is 9.88 Å². The lowest BCUT2D eigenvalue weighted by atomic mass is 10.1. The van der Waals surface area contributed by atoms with Crippen molar-refractivity contribution in [1.29, 1.82) is 0 Å². The molecule has 2 N–H and O–H groups in total. The summed E-state index contributed by atoms with van der Waals surface area (Å²) in [7, 11) is 0. The zero-order valence-electron chi connectivity index (χ0n) is 13.1. The van der Waals surface area contributed by atoms with E-state index in [0.29, 0.717) is 24.3 Å². The molecule has 2 heterocycles. The monoisotopic (exact) mass is 330 g/mol. The largest absolute Gasteiger partial charge is 0.477 e. The van der Waals surface area contributed by atoms with Crippen molar-refractivity contribution in [2.24, 2.45) is 0 Å². The normalized spacial score (nSPS) is 18.1. The minimum Gasteiger partial charge on any atom is -0.477 e. The van der Waals surface area contributed by atoms with E-state index in [4.69, 9.17) is 0 Å². The number of carbonyl (C=O) groups is 1. The first-order valence-electron chi connectivity index (χ1n) is 8.13. The lowest BCUT2D eigenvalue weighted by molar-refractivity contribution is 0.0695. The second-order valence-electron chi connectivity index (χ2n) is 6.37. The number of benzene rings is 1. The first-order valence-corrected chi connectivity index (χ1v) is 8.13. The maximum atomic E-state index is 14.6. The summed E-state index contributed by atoms with van der Waals surface area (Å²) >= 11 is 0. The van der Waals surface area contributed by atoms with Crippen molar-refractivity contribution in [3.63, 3.8) is 0 Å². The number of fused-ring (bicyclic) bond motifs is 1. The fraction of sp³-hybridized carbons (Fsp3) is 0.412. The van der Waals surface area contributed by atoms with E-state index in [1.807, 2.05) is 9.47 Å². The fourth-order valence-corrected chi connectivity index (χ4v) is 3.31. The van der Waals surface area contributed by atoms with Crippen LogP contribution in [0.5, 0.6) is 0 Å². The number of halogens is 1. The van der Waals surface area contributed by atoms with Gasteiger partial charge in [0.25, 0.3) is 0 Å². The van der Waals surface area contributed by atoms with Gasteiger partial charge >= 0.3 is 5.97 Å². The van der Waals surface area contributed by atoms with E-state index in [1.54, 1.807) is 6.07 Å². The van der Waals surface area contributed by atoms with Gasteiger partial charge in [0.15, 0.2) is 0 Å². The molecule has 0 amide bonds. The molecule has 24 heavy (non-hydrogen) atoms. The Bertz CT molecular complexity index is 883. The number of nitrogens with zero attached hydrogens (tertiary/aromatic N) is 2. The zero-order chi connectivity index (χ0) is 16.8. The predicted molar refractivity (Wildman–Crippen MR) is 88.5 cm³/mol. The molecule has 2 fully saturated rings. The highest BCUT2D eigenvalue weighted by Crippen LogP contribution is 2.38. The number of aromatic nitrogens is 1. The average molecular weight is 330 g/mol. The molecule has 1 saturated heterocycles. The molecule has 0 spiro atoms. The van der Waals surface area contributed by atoms with Crippen molar-refractivity contribution in [3.8, 4) is 0 Å². The Morgan fingerprint density at radius 3 is 2.58 bits per heavy atom. The van der Waals surface area contributed by atoms with Crippen molar-refractivity contribution < 1.29 is 14.3 Å². The summed E-state index contributed by atoms with van der Waals surface area (Å²) in [4.78, 5) is 25.7. The molecular weight excluding hydrogens is 312 g/mol. The van der Waals surface area contributed by atoms with E-state index < -0.39 is 17.2 Å². The lowest BCUT2D eigenvalue weighted by Gasteiger charge is -2.30. The molecule has 1 aliphatic carbocycles. The van der Waals surface area contributed by atoms with Gasteiger partial charge in [0.2, 0.25) is 5.43 Å². The van der Waals surface area contributed by atoms with Gasteiger partial charge in [-0.2, -0.15) is 0 Å². The molecule has 1 aliphatic heterocycles. The molecule has 0 radical (unpaired) electrons. The number of hydrogen-bond acceptors (Lipinski definition) is 4. The average Bonchev–Trinajstić information content (AvgIpc) is 3.40. The summed E-state index contributed by atoms with van der Waals surface area (Å²) in [6, 6.07) is 3.08. The molecular formula is C17H18FN3O3. The van der Waals surface area contributed by atoms with Crippen LogP contribution in [0.25, 0.3) is 10.9 Å². The Labute approximate surface area is 137 Å². The maximum Gasteiger partial charge on any atom is 0.341 e. The van der Waals surface area contributed by atoms with E-state index >= 15 is 0 Å². The quantitative estimate of drug-likeness (QED) is 0.894. The van der Waals surface area contributed by atoms with Crippen LogP contribution in [0, 0.1) is 5.82 Å². The number of anilines is 1. The summed E-state index contributed by atoms with van der Waals surface area (Å²) in [5.41, 5.74) is 0.159. The van der Waals surface area contributed by atoms with Gasteiger partial charge in [-0.25, -0.2) is 9.18 Å². The predicted octanol–water partition coefficient (Wildman–Crippen LogP) is 1.58. The second kappa shape index (κ2) is 5.59. The van der Waals surface area contributed by atoms with Crippen LogP contribution in [0.3, 0.4) is 0 Å². The summed E-state index contributed by atoms with van der Waals surface area (Å²) in [5, 5.41) is 12.6. The van der Waals surface area contributed by atoms with Crippen LogP contribution in [0.15, 0.2) is 23.1 Å². The van der Waals surface area contributed by atoms with Crippen LogP contribution in [0.2, 0.25) is 0 Å². The van der Waals surface area contributed by atoms with Gasteiger partial charge in [0, 0.05) is 43.8 Å². The van der Waals surface area contributed by atoms with E-state index in [9.17, 15) is 19.1 Å². The SMILES string of the molecule is O=C(O)c1cn(C2CC2)c2cc(N3CCNCC3)c([18F])cc2c1=O. The van der Waals surface area contributed by atoms with Crippen LogP contribution in [-0.2, 0) is 0 Å². The molecule has 1 aromatic heterocycles. The van der Waals surface area contributed by atoms with Crippen molar-refractivity contribution in [2.75, 3.05) is 31.1 Å². The molecule has 1 aromatic carbocycles. The Morgan fingerprint density at radius 1 is 1.25 bits per heavy atom. The highest BCUT2D eigenvalue weighted by molar-refractivity contribution is 5.93. The lowest BCUT2D eigenvalue weighted by Crippen LogP contribution is -2.43. The number of hydrogen-bond donors (Lipinski definition) is 2. The van der Waals surface area contributed by atoms with Gasteiger partial charge in [0.05, 0.1) is 11.2 Å².